The summed E-state index contributed by atoms with van der Waals surface area (Å²) in [5, 5.41) is 7.59. The Hall–Kier alpha value is -3.04. The molecule has 0 spiro atoms. The van der Waals surface area contributed by atoms with Gasteiger partial charge in [0.05, 0.1) is 10.3 Å². The van der Waals surface area contributed by atoms with Crippen LogP contribution in [-0.2, 0) is 17.1 Å². The molecule has 1 aromatic heterocycles. The number of carbonyl (C=O) groups excluding carboxylic acids is 1. The quantitative estimate of drug-likeness (QED) is 0.666. The lowest BCUT2D eigenvalue weighted by Gasteiger charge is -2.19. The van der Waals surface area contributed by atoms with E-state index in [1.54, 1.807) is 50.2 Å². The van der Waals surface area contributed by atoms with Crippen molar-refractivity contribution < 1.29 is 13.2 Å². The average Bonchev–Trinajstić information content (AvgIpc) is 2.71. The lowest BCUT2D eigenvalue weighted by Crippen LogP contribution is -2.30. The molecule has 0 radical (unpaired) electrons. The molecule has 0 aliphatic rings. The summed E-state index contributed by atoms with van der Waals surface area (Å²) in [6.45, 7) is 4.24. The van der Waals surface area contributed by atoms with E-state index in [1.807, 2.05) is 0 Å². The Morgan fingerprint density at radius 1 is 1.07 bits per heavy atom. The monoisotopic (exact) mass is 414 g/mol. The zero-order chi connectivity index (χ0) is 21.2. The number of aryl methyl sites for hydroxylation is 1. The van der Waals surface area contributed by atoms with E-state index >= 15 is 0 Å². The fourth-order valence-electron chi connectivity index (χ4n) is 3.10. The first kappa shape index (κ1) is 20.7. The molecule has 0 bridgehead atoms. The summed E-state index contributed by atoms with van der Waals surface area (Å²) in [5.74, 6) is -0.533. The van der Waals surface area contributed by atoms with Crippen molar-refractivity contribution in [3.8, 4) is 0 Å². The molecular formula is C20H22N4O4S. The first-order valence-corrected chi connectivity index (χ1v) is 10.6. The predicted molar refractivity (Wildman–Crippen MR) is 111 cm³/mol. The molecule has 2 aromatic carbocycles. The molecule has 3 aromatic rings. The van der Waals surface area contributed by atoms with Crippen molar-refractivity contribution in [1.82, 2.24) is 14.1 Å². The lowest BCUT2D eigenvalue weighted by molar-refractivity contribution is 0.102. The van der Waals surface area contributed by atoms with Gasteiger partial charge in [0.1, 0.15) is 0 Å². The highest BCUT2D eigenvalue weighted by atomic mass is 32.2. The van der Waals surface area contributed by atoms with Crippen molar-refractivity contribution >= 4 is 32.4 Å². The van der Waals surface area contributed by atoms with Gasteiger partial charge >= 0.3 is 0 Å². The van der Waals surface area contributed by atoms with Crippen LogP contribution < -0.4 is 10.9 Å². The van der Waals surface area contributed by atoms with Crippen LogP contribution in [0.3, 0.4) is 0 Å². The largest absolute Gasteiger partial charge is 0.321 e. The number of sulfonamides is 1. The molecule has 9 heteroatoms. The summed E-state index contributed by atoms with van der Waals surface area (Å²) < 4.78 is 27.9. The highest BCUT2D eigenvalue weighted by molar-refractivity contribution is 7.89. The maximum Gasteiger partial charge on any atom is 0.276 e. The zero-order valence-corrected chi connectivity index (χ0v) is 17.2. The minimum atomic E-state index is -3.65. The lowest BCUT2D eigenvalue weighted by atomic mass is 10.1. The van der Waals surface area contributed by atoms with Gasteiger partial charge in [-0.15, -0.1) is 0 Å². The van der Waals surface area contributed by atoms with Gasteiger partial charge in [-0.05, 0) is 24.3 Å². The van der Waals surface area contributed by atoms with Crippen molar-refractivity contribution in [3.05, 3.63) is 64.6 Å². The summed E-state index contributed by atoms with van der Waals surface area (Å²) in [4.78, 5) is 25.2. The topological polar surface area (TPSA) is 101 Å². The molecule has 0 saturated heterocycles. The molecule has 1 heterocycles. The van der Waals surface area contributed by atoms with Gasteiger partial charge in [0.15, 0.2) is 5.69 Å². The number of hydrogen-bond donors (Lipinski definition) is 1. The SMILES string of the molecule is CCN(CC)S(=O)(=O)c1cccc(NC(=O)c2nn(C)c(=O)c3ccccc23)c1. The number of nitrogens with one attached hydrogen (secondary N) is 1. The number of aromatic nitrogens is 2. The fourth-order valence-corrected chi connectivity index (χ4v) is 4.61. The molecule has 8 nitrogen and oxygen atoms in total. The van der Waals surface area contributed by atoms with Crippen LogP contribution in [-0.4, -0.2) is 41.5 Å². The molecule has 0 saturated carbocycles. The predicted octanol–water partition coefficient (Wildman–Crippen LogP) is 2.22. The highest BCUT2D eigenvalue weighted by Gasteiger charge is 2.22. The van der Waals surface area contributed by atoms with Crippen LogP contribution in [0.5, 0.6) is 0 Å². The van der Waals surface area contributed by atoms with Gasteiger partial charge in [0, 0.05) is 31.2 Å². The normalized spacial score (nSPS) is 11.7. The Labute approximate surface area is 168 Å². The summed E-state index contributed by atoms with van der Waals surface area (Å²) >= 11 is 0. The molecule has 0 unspecified atom stereocenters. The van der Waals surface area contributed by atoms with E-state index in [9.17, 15) is 18.0 Å². The Morgan fingerprint density at radius 3 is 2.38 bits per heavy atom. The van der Waals surface area contributed by atoms with E-state index in [2.05, 4.69) is 10.4 Å². The number of benzene rings is 2. The molecule has 1 N–H and O–H groups in total. The number of amides is 1. The smallest absolute Gasteiger partial charge is 0.276 e. The van der Waals surface area contributed by atoms with Gasteiger partial charge in [-0.1, -0.05) is 38.1 Å². The minimum absolute atomic E-state index is 0.0831. The number of hydrogen-bond acceptors (Lipinski definition) is 5. The van der Waals surface area contributed by atoms with Gasteiger partial charge in [-0.2, -0.15) is 9.40 Å². The molecule has 3 rings (SSSR count). The van der Waals surface area contributed by atoms with Crippen LogP contribution in [0.25, 0.3) is 10.8 Å². The molecule has 0 aliphatic heterocycles. The van der Waals surface area contributed by atoms with Gasteiger partial charge in [0.2, 0.25) is 10.0 Å². The van der Waals surface area contributed by atoms with Crippen LogP contribution in [0.4, 0.5) is 5.69 Å². The third kappa shape index (κ3) is 3.92. The second kappa shape index (κ2) is 8.14. The first-order chi connectivity index (χ1) is 13.8. The van der Waals surface area contributed by atoms with Crippen LogP contribution in [0.2, 0.25) is 0 Å². The summed E-state index contributed by atoms with van der Waals surface area (Å²) in [5.41, 5.74) is 0.104. The second-order valence-electron chi connectivity index (χ2n) is 6.39. The van der Waals surface area contributed by atoms with Crippen molar-refractivity contribution in [2.75, 3.05) is 18.4 Å². The van der Waals surface area contributed by atoms with Crippen LogP contribution >= 0.6 is 0 Å². The summed E-state index contributed by atoms with van der Waals surface area (Å²) in [7, 11) is -2.18. The van der Waals surface area contributed by atoms with Gasteiger partial charge in [-0.25, -0.2) is 13.1 Å². The fraction of sp³-hybridized carbons (Fsp3) is 0.250. The average molecular weight is 414 g/mol. The van der Waals surface area contributed by atoms with Crippen molar-refractivity contribution in [2.45, 2.75) is 18.7 Å². The maximum absolute atomic E-state index is 12.8. The van der Waals surface area contributed by atoms with Gasteiger partial charge < -0.3 is 5.32 Å². The third-order valence-electron chi connectivity index (χ3n) is 4.61. The van der Waals surface area contributed by atoms with Gasteiger partial charge in [0.25, 0.3) is 11.5 Å². The molecule has 152 valence electrons. The standard InChI is InChI=1S/C20H22N4O4S/c1-4-24(5-2)29(27,28)15-10-8-9-14(13-15)21-19(25)18-16-11-6-7-12-17(16)20(26)23(3)22-18/h6-13H,4-5H2,1-3H3,(H,21,25). The number of rotatable bonds is 6. The van der Waals surface area contributed by atoms with Crippen molar-refractivity contribution in [1.29, 1.82) is 0 Å². The molecule has 1 amide bonds. The number of fused-ring (bicyclic) bond motifs is 1. The third-order valence-corrected chi connectivity index (χ3v) is 6.65. The van der Waals surface area contributed by atoms with E-state index in [0.717, 1.165) is 4.68 Å². The number of anilines is 1. The van der Waals surface area contributed by atoms with Crippen LogP contribution in [0.1, 0.15) is 24.3 Å². The van der Waals surface area contributed by atoms with Gasteiger partial charge in [-0.3, -0.25) is 9.59 Å². The Kier molecular flexibility index (Phi) is 5.81. The number of nitrogens with zero attached hydrogens (tertiary/aromatic N) is 3. The Bertz CT molecular complexity index is 1230. The van der Waals surface area contributed by atoms with Crippen LogP contribution in [0, 0.1) is 0 Å². The molecule has 0 aliphatic carbocycles. The number of carbonyl (C=O) groups is 1. The van der Waals surface area contributed by atoms with E-state index in [-0.39, 0.29) is 16.1 Å². The molecule has 0 atom stereocenters. The second-order valence-corrected chi connectivity index (χ2v) is 8.33. The van der Waals surface area contributed by atoms with E-state index in [0.29, 0.717) is 29.5 Å². The highest BCUT2D eigenvalue weighted by Crippen LogP contribution is 2.21. The summed E-state index contributed by atoms with van der Waals surface area (Å²) in [6.07, 6.45) is 0. The molecular weight excluding hydrogens is 392 g/mol. The zero-order valence-electron chi connectivity index (χ0n) is 16.4. The van der Waals surface area contributed by atoms with Crippen molar-refractivity contribution in [2.24, 2.45) is 7.05 Å². The minimum Gasteiger partial charge on any atom is -0.321 e. The molecule has 0 fully saturated rings. The van der Waals surface area contributed by atoms with E-state index in [1.165, 1.54) is 23.5 Å². The maximum atomic E-state index is 12.8. The summed E-state index contributed by atoms with van der Waals surface area (Å²) in [6, 6.07) is 12.8. The molecule has 29 heavy (non-hydrogen) atoms. The van der Waals surface area contributed by atoms with E-state index in [4.69, 9.17) is 0 Å². The van der Waals surface area contributed by atoms with E-state index < -0.39 is 15.9 Å². The Balaban J connectivity index is 1.98. The van der Waals surface area contributed by atoms with Crippen LogP contribution in [0.15, 0.2) is 58.2 Å². The van der Waals surface area contributed by atoms with Crippen molar-refractivity contribution in [3.63, 3.8) is 0 Å². The Morgan fingerprint density at radius 2 is 1.72 bits per heavy atom. The first-order valence-electron chi connectivity index (χ1n) is 9.17.